The maximum absolute atomic E-state index is 13.8. The molecule has 2 aliphatic rings. The molecular formula is C26H25NO8. The fourth-order valence-corrected chi connectivity index (χ4v) is 5.16. The summed E-state index contributed by atoms with van der Waals surface area (Å²) in [4.78, 5) is 52.6. The summed E-state index contributed by atoms with van der Waals surface area (Å²) < 4.78 is 21.0. The highest BCUT2D eigenvalue weighted by Crippen LogP contribution is 2.53. The fraction of sp³-hybridized carbons (Fsp3) is 0.346. The molecule has 0 saturated carbocycles. The van der Waals surface area contributed by atoms with E-state index in [1.54, 1.807) is 48.5 Å². The minimum atomic E-state index is -1.83. The smallest absolute Gasteiger partial charge is 0.320 e. The number of hydrogen-bond donors (Lipinski definition) is 1. The molecule has 9 nitrogen and oxygen atoms in total. The zero-order valence-electron chi connectivity index (χ0n) is 19.3. The van der Waals surface area contributed by atoms with Crippen molar-refractivity contribution in [1.29, 1.82) is 5.41 Å². The van der Waals surface area contributed by atoms with Gasteiger partial charge in [0.05, 0.1) is 26.1 Å². The van der Waals surface area contributed by atoms with Crippen molar-refractivity contribution in [3.8, 4) is 0 Å². The van der Waals surface area contributed by atoms with Crippen molar-refractivity contribution < 1.29 is 38.1 Å². The Balaban J connectivity index is 1.84. The van der Waals surface area contributed by atoms with Crippen LogP contribution in [0.3, 0.4) is 0 Å². The number of ether oxygens (including phenoxy) is 4. The molecule has 1 N–H and O–H groups in total. The van der Waals surface area contributed by atoms with Gasteiger partial charge in [-0.05, 0) is 16.7 Å². The summed E-state index contributed by atoms with van der Waals surface area (Å²) in [5.74, 6) is -6.34. The van der Waals surface area contributed by atoms with E-state index < -0.39 is 59.4 Å². The summed E-state index contributed by atoms with van der Waals surface area (Å²) in [7, 11) is 2.33. The molecule has 4 unspecified atom stereocenters. The van der Waals surface area contributed by atoms with Crippen LogP contribution in [0.5, 0.6) is 0 Å². The number of carbonyl (C=O) groups excluding carboxylic acids is 4. The normalized spacial score (nSPS) is 24.9. The second-order valence-corrected chi connectivity index (χ2v) is 8.45. The van der Waals surface area contributed by atoms with E-state index in [0.29, 0.717) is 16.7 Å². The van der Waals surface area contributed by atoms with E-state index in [-0.39, 0.29) is 13.0 Å². The van der Waals surface area contributed by atoms with Gasteiger partial charge in [-0.2, -0.15) is 0 Å². The average molecular weight is 479 g/mol. The topological polar surface area (TPSA) is 129 Å². The van der Waals surface area contributed by atoms with E-state index in [0.717, 1.165) is 7.11 Å². The first-order chi connectivity index (χ1) is 16.8. The van der Waals surface area contributed by atoms with E-state index in [1.165, 1.54) is 7.11 Å². The van der Waals surface area contributed by atoms with Crippen LogP contribution in [-0.2, 0) is 56.6 Å². The molecule has 4 atom stereocenters. The summed E-state index contributed by atoms with van der Waals surface area (Å²) in [5.41, 5.74) is -0.0704. The molecule has 0 bridgehead atoms. The number of rotatable bonds is 6. The van der Waals surface area contributed by atoms with Gasteiger partial charge in [-0.3, -0.25) is 24.6 Å². The molecule has 0 amide bonds. The number of methoxy groups -OCH3 is 2. The molecule has 1 aliphatic heterocycles. The molecule has 2 aromatic rings. The van der Waals surface area contributed by atoms with Crippen LogP contribution in [0.4, 0.5) is 0 Å². The van der Waals surface area contributed by atoms with Crippen LogP contribution in [0.1, 0.15) is 23.1 Å². The van der Waals surface area contributed by atoms with Crippen LogP contribution >= 0.6 is 0 Å². The van der Waals surface area contributed by atoms with Crippen molar-refractivity contribution in [3.63, 3.8) is 0 Å². The van der Waals surface area contributed by atoms with Gasteiger partial charge in [0.1, 0.15) is 30.3 Å². The van der Waals surface area contributed by atoms with Gasteiger partial charge in [0, 0.05) is 6.42 Å². The van der Waals surface area contributed by atoms with Gasteiger partial charge in [-0.25, -0.2) is 0 Å². The monoisotopic (exact) mass is 479 g/mol. The van der Waals surface area contributed by atoms with Gasteiger partial charge >= 0.3 is 17.9 Å². The first-order valence-corrected chi connectivity index (χ1v) is 11.1. The second-order valence-electron chi connectivity index (χ2n) is 8.45. The highest BCUT2D eigenvalue weighted by molar-refractivity contribution is 6.12. The van der Waals surface area contributed by atoms with Gasteiger partial charge in [0.15, 0.2) is 5.90 Å². The van der Waals surface area contributed by atoms with Gasteiger partial charge < -0.3 is 18.9 Å². The molecule has 2 aromatic carbocycles. The SMILES string of the molecule is COC(=O)CC1OC(=N)C(C(=O)OCc2ccccc2)C2(C(=O)Cc3ccccc32)C1C(=O)OC. The number of benzene rings is 2. The summed E-state index contributed by atoms with van der Waals surface area (Å²) in [6.45, 7) is -0.0934. The van der Waals surface area contributed by atoms with Crippen LogP contribution in [0, 0.1) is 17.2 Å². The number of fused-ring (bicyclic) bond motifs is 2. The quantitative estimate of drug-likeness (QED) is 0.493. The highest BCUT2D eigenvalue weighted by Gasteiger charge is 2.68. The summed E-state index contributed by atoms with van der Waals surface area (Å²) in [6.07, 6.45) is -1.72. The molecule has 0 radical (unpaired) electrons. The minimum absolute atomic E-state index is 0.0512. The Bertz CT molecular complexity index is 1180. The minimum Gasteiger partial charge on any atom is -0.476 e. The third-order valence-corrected chi connectivity index (χ3v) is 6.64. The maximum Gasteiger partial charge on any atom is 0.320 e. The van der Waals surface area contributed by atoms with E-state index in [4.69, 9.17) is 24.4 Å². The second kappa shape index (κ2) is 9.69. The Morgan fingerprint density at radius 1 is 1.00 bits per heavy atom. The van der Waals surface area contributed by atoms with Crippen molar-refractivity contribution >= 4 is 29.6 Å². The first-order valence-electron chi connectivity index (χ1n) is 11.1. The average Bonchev–Trinajstić information content (AvgIpc) is 3.14. The van der Waals surface area contributed by atoms with E-state index in [9.17, 15) is 19.2 Å². The third kappa shape index (κ3) is 4.07. The Morgan fingerprint density at radius 3 is 2.37 bits per heavy atom. The van der Waals surface area contributed by atoms with Crippen molar-refractivity contribution in [2.45, 2.75) is 31.0 Å². The number of Topliss-reactive ketones (excluding diaryl/α,β-unsaturated/α-hetero) is 1. The molecule has 1 fully saturated rings. The van der Waals surface area contributed by atoms with E-state index >= 15 is 0 Å². The number of ketones is 1. The molecule has 182 valence electrons. The Hall–Kier alpha value is -4.01. The number of carbonyl (C=O) groups is 4. The lowest BCUT2D eigenvalue weighted by molar-refractivity contribution is -0.169. The lowest BCUT2D eigenvalue weighted by Gasteiger charge is -2.47. The van der Waals surface area contributed by atoms with Crippen LogP contribution in [0.2, 0.25) is 0 Å². The van der Waals surface area contributed by atoms with Gasteiger partial charge in [0.2, 0.25) is 0 Å². The molecular weight excluding hydrogens is 454 g/mol. The first kappa shape index (κ1) is 24.1. The lowest BCUT2D eigenvalue weighted by atomic mass is 9.58. The fourth-order valence-electron chi connectivity index (χ4n) is 5.16. The zero-order valence-corrected chi connectivity index (χ0v) is 19.3. The number of hydrogen-bond acceptors (Lipinski definition) is 9. The van der Waals surface area contributed by atoms with Crippen LogP contribution < -0.4 is 0 Å². The predicted octanol–water partition coefficient (Wildman–Crippen LogP) is 2.14. The Morgan fingerprint density at radius 2 is 1.69 bits per heavy atom. The number of nitrogens with one attached hydrogen (secondary N) is 1. The molecule has 4 rings (SSSR count). The highest BCUT2D eigenvalue weighted by atomic mass is 16.6. The van der Waals surface area contributed by atoms with E-state index in [2.05, 4.69) is 0 Å². The molecule has 1 heterocycles. The zero-order chi connectivity index (χ0) is 25.2. The summed E-state index contributed by atoms with van der Waals surface area (Å²) >= 11 is 0. The van der Waals surface area contributed by atoms with Gasteiger partial charge in [-0.15, -0.1) is 0 Å². The molecule has 35 heavy (non-hydrogen) atoms. The predicted molar refractivity (Wildman–Crippen MR) is 121 cm³/mol. The molecule has 1 aliphatic carbocycles. The van der Waals surface area contributed by atoms with Crippen molar-refractivity contribution in [2.75, 3.05) is 14.2 Å². The Labute approximate surface area is 201 Å². The molecule has 9 heteroatoms. The summed E-state index contributed by atoms with van der Waals surface area (Å²) in [5, 5.41) is 8.62. The van der Waals surface area contributed by atoms with Crippen LogP contribution in [-0.4, -0.2) is 49.9 Å². The van der Waals surface area contributed by atoms with Crippen molar-refractivity contribution in [1.82, 2.24) is 0 Å². The van der Waals surface area contributed by atoms with Gasteiger partial charge in [-0.1, -0.05) is 54.6 Å². The van der Waals surface area contributed by atoms with Crippen LogP contribution in [0.15, 0.2) is 54.6 Å². The molecule has 0 aromatic heterocycles. The van der Waals surface area contributed by atoms with Crippen LogP contribution in [0.25, 0.3) is 0 Å². The lowest BCUT2D eigenvalue weighted by Crippen LogP contribution is -2.64. The Kier molecular flexibility index (Phi) is 6.68. The standard InChI is InChI=1S/C26H25NO8/c1-32-20(29)13-18-21(24(30)33-2)26(17-11-7-6-10-16(17)12-19(26)28)22(23(27)35-18)25(31)34-14-15-8-4-3-5-9-15/h3-11,18,21-22,27H,12-14H2,1-2H3. The van der Waals surface area contributed by atoms with Gasteiger partial charge in [0.25, 0.3) is 0 Å². The molecule has 1 saturated heterocycles. The summed E-state index contributed by atoms with van der Waals surface area (Å²) in [6, 6.07) is 15.8. The third-order valence-electron chi connectivity index (χ3n) is 6.64. The maximum atomic E-state index is 13.8. The largest absolute Gasteiger partial charge is 0.476 e. The molecule has 1 spiro atoms. The van der Waals surface area contributed by atoms with Crippen molar-refractivity contribution in [3.05, 3.63) is 71.3 Å². The number of esters is 3. The van der Waals surface area contributed by atoms with Crippen molar-refractivity contribution in [2.24, 2.45) is 11.8 Å². The van der Waals surface area contributed by atoms with E-state index in [1.807, 2.05) is 6.07 Å².